The molecule has 5 nitrogen and oxygen atoms in total. The number of nitriles is 1. The Balaban J connectivity index is 2.33. The normalized spacial score (nSPS) is 10.8. The number of anilines is 1. The van der Waals surface area contributed by atoms with Gasteiger partial charge in [0.15, 0.2) is 0 Å². The maximum absolute atomic E-state index is 12.1. The van der Waals surface area contributed by atoms with E-state index in [4.69, 9.17) is 28.5 Å². The molecule has 0 amide bonds. The summed E-state index contributed by atoms with van der Waals surface area (Å²) in [5.41, 5.74) is 0.332. The lowest BCUT2D eigenvalue weighted by atomic mass is 10.3. The van der Waals surface area contributed by atoms with Crippen molar-refractivity contribution in [2.45, 2.75) is 4.90 Å². The highest BCUT2D eigenvalue weighted by Gasteiger charge is 2.16. The summed E-state index contributed by atoms with van der Waals surface area (Å²) < 4.78 is 26.5. The molecule has 0 saturated heterocycles. The third-order valence-electron chi connectivity index (χ3n) is 2.28. The first-order chi connectivity index (χ1) is 9.40. The maximum atomic E-state index is 12.1. The predicted octanol–water partition coefficient (Wildman–Crippen LogP) is 3.06. The van der Waals surface area contributed by atoms with Crippen LogP contribution in [0.5, 0.6) is 0 Å². The number of rotatable bonds is 3. The Hall–Kier alpha value is -1.81. The maximum Gasteiger partial charge on any atom is 0.263 e. The van der Waals surface area contributed by atoms with Crippen LogP contribution < -0.4 is 4.72 Å². The molecule has 1 heterocycles. The first-order valence-electron chi connectivity index (χ1n) is 5.26. The minimum Gasteiger partial charge on any atom is -0.263 e. The Kier molecular flexibility index (Phi) is 4.14. The summed E-state index contributed by atoms with van der Waals surface area (Å²) in [5.74, 6) is 0.0973. The number of aromatic nitrogens is 1. The summed E-state index contributed by atoms with van der Waals surface area (Å²) in [5, 5.41) is 9.07. The minimum absolute atomic E-state index is 0.0684. The smallest absolute Gasteiger partial charge is 0.263 e. The van der Waals surface area contributed by atoms with Gasteiger partial charge in [0.1, 0.15) is 11.9 Å². The first-order valence-corrected chi connectivity index (χ1v) is 7.50. The van der Waals surface area contributed by atoms with E-state index in [9.17, 15) is 8.42 Å². The summed E-state index contributed by atoms with van der Waals surface area (Å²) in [7, 11) is -3.84. The van der Waals surface area contributed by atoms with Crippen molar-refractivity contribution in [3.8, 4) is 6.07 Å². The van der Waals surface area contributed by atoms with Crippen molar-refractivity contribution >= 4 is 39.0 Å². The van der Waals surface area contributed by atoms with Gasteiger partial charge in [-0.05, 0) is 30.3 Å². The van der Waals surface area contributed by atoms with Gasteiger partial charge in [-0.2, -0.15) is 5.26 Å². The Morgan fingerprint density at radius 3 is 2.30 bits per heavy atom. The van der Waals surface area contributed by atoms with E-state index in [1.807, 2.05) is 6.07 Å². The van der Waals surface area contributed by atoms with E-state index in [2.05, 4.69) is 9.71 Å². The van der Waals surface area contributed by atoms with Crippen LogP contribution in [0, 0.1) is 11.3 Å². The van der Waals surface area contributed by atoms with Crippen molar-refractivity contribution in [1.82, 2.24) is 4.98 Å². The van der Waals surface area contributed by atoms with Crippen LogP contribution in [0.15, 0.2) is 41.4 Å². The number of pyridine rings is 1. The lowest BCUT2D eigenvalue weighted by Gasteiger charge is -2.08. The van der Waals surface area contributed by atoms with Crippen LogP contribution in [0.25, 0.3) is 0 Å². The number of nitrogens with one attached hydrogen (secondary N) is 1. The van der Waals surface area contributed by atoms with Crippen molar-refractivity contribution in [3.63, 3.8) is 0 Å². The summed E-state index contributed by atoms with van der Waals surface area (Å²) in [6, 6.07) is 8.72. The SMILES string of the molecule is N#Cc1ccc(NS(=O)(=O)c2cc(Cl)cc(Cl)c2)nc1. The van der Waals surface area contributed by atoms with Gasteiger partial charge in [0, 0.05) is 16.2 Å². The van der Waals surface area contributed by atoms with Gasteiger partial charge in [0.2, 0.25) is 0 Å². The number of hydrogen-bond donors (Lipinski definition) is 1. The molecule has 0 aliphatic heterocycles. The molecule has 0 unspecified atom stereocenters. The highest BCUT2D eigenvalue weighted by molar-refractivity contribution is 7.92. The Labute approximate surface area is 125 Å². The van der Waals surface area contributed by atoms with Crippen LogP contribution in [0.1, 0.15) is 5.56 Å². The lowest BCUT2D eigenvalue weighted by molar-refractivity contribution is 0.601. The molecular weight excluding hydrogens is 321 g/mol. The number of benzene rings is 1. The second kappa shape index (κ2) is 5.67. The number of sulfonamides is 1. The van der Waals surface area contributed by atoms with Crippen LogP contribution in [0.3, 0.4) is 0 Å². The average molecular weight is 328 g/mol. The molecule has 2 rings (SSSR count). The van der Waals surface area contributed by atoms with Crippen LogP contribution in [0.2, 0.25) is 10.0 Å². The van der Waals surface area contributed by atoms with Crippen LogP contribution >= 0.6 is 23.2 Å². The molecule has 0 saturated carbocycles. The summed E-state index contributed by atoms with van der Waals surface area (Å²) in [6.07, 6.45) is 1.27. The van der Waals surface area contributed by atoms with E-state index < -0.39 is 10.0 Å². The first kappa shape index (κ1) is 14.6. The van der Waals surface area contributed by atoms with Gasteiger partial charge >= 0.3 is 0 Å². The molecule has 1 aromatic heterocycles. The van der Waals surface area contributed by atoms with Crippen molar-refractivity contribution in [1.29, 1.82) is 5.26 Å². The fraction of sp³-hybridized carbons (Fsp3) is 0. The van der Waals surface area contributed by atoms with E-state index in [0.717, 1.165) is 0 Å². The molecule has 0 bridgehead atoms. The quantitative estimate of drug-likeness (QED) is 0.939. The van der Waals surface area contributed by atoms with Crippen molar-refractivity contribution in [3.05, 3.63) is 52.1 Å². The molecule has 0 aliphatic rings. The highest BCUT2D eigenvalue weighted by Crippen LogP contribution is 2.23. The fourth-order valence-corrected chi connectivity index (χ4v) is 3.13. The van der Waals surface area contributed by atoms with Crippen LogP contribution in [-0.4, -0.2) is 13.4 Å². The highest BCUT2D eigenvalue weighted by atomic mass is 35.5. The second-order valence-electron chi connectivity index (χ2n) is 3.75. The monoisotopic (exact) mass is 327 g/mol. The third-order valence-corrected chi connectivity index (χ3v) is 4.05. The Morgan fingerprint density at radius 2 is 1.80 bits per heavy atom. The molecule has 20 heavy (non-hydrogen) atoms. The zero-order chi connectivity index (χ0) is 14.8. The van der Waals surface area contributed by atoms with Gasteiger partial charge in [-0.25, -0.2) is 13.4 Å². The van der Waals surface area contributed by atoms with Gasteiger partial charge in [-0.15, -0.1) is 0 Å². The molecule has 8 heteroatoms. The molecule has 0 aliphatic carbocycles. The molecule has 0 radical (unpaired) electrons. The molecule has 2 aromatic rings. The van der Waals surface area contributed by atoms with E-state index in [-0.39, 0.29) is 20.8 Å². The minimum atomic E-state index is -3.84. The molecule has 102 valence electrons. The van der Waals surface area contributed by atoms with Crippen LogP contribution in [0.4, 0.5) is 5.82 Å². The molecular formula is C12H7Cl2N3O2S. The molecule has 0 atom stereocenters. The summed E-state index contributed by atoms with van der Waals surface area (Å²) >= 11 is 11.5. The zero-order valence-corrected chi connectivity index (χ0v) is 12.2. The fourth-order valence-electron chi connectivity index (χ4n) is 1.40. The van der Waals surface area contributed by atoms with Gasteiger partial charge < -0.3 is 0 Å². The number of hydrogen-bond acceptors (Lipinski definition) is 4. The van der Waals surface area contributed by atoms with E-state index >= 15 is 0 Å². The van der Waals surface area contributed by atoms with Gasteiger partial charge in [-0.3, -0.25) is 4.72 Å². The standard InChI is InChI=1S/C12H7Cl2N3O2S/c13-9-3-10(14)5-11(4-9)20(18,19)17-12-2-1-8(6-15)7-16-12/h1-5,7H,(H,16,17). The summed E-state index contributed by atoms with van der Waals surface area (Å²) in [4.78, 5) is 3.76. The van der Waals surface area contributed by atoms with Gasteiger partial charge in [0.25, 0.3) is 10.0 Å². The van der Waals surface area contributed by atoms with E-state index in [0.29, 0.717) is 5.56 Å². The van der Waals surface area contributed by atoms with E-state index in [1.165, 1.54) is 36.5 Å². The number of nitrogens with zero attached hydrogens (tertiary/aromatic N) is 2. The Bertz CT molecular complexity index is 763. The molecule has 1 aromatic carbocycles. The van der Waals surface area contributed by atoms with Gasteiger partial charge in [0.05, 0.1) is 10.5 Å². The van der Waals surface area contributed by atoms with Crippen LogP contribution in [-0.2, 0) is 10.0 Å². The topological polar surface area (TPSA) is 82.9 Å². The summed E-state index contributed by atoms with van der Waals surface area (Å²) in [6.45, 7) is 0. The second-order valence-corrected chi connectivity index (χ2v) is 6.31. The van der Waals surface area contributed by atoms with E-state index in [1.54, 1.807) is 0 Å². The van der Waals surface area contributed by atoms with Crippen molar-refractivity contribution in [2.75, 3.05) is 4.72 Å². The average Bonchev–Trinajstić information content (AvgIpc) is 2.38. The van der Waals surface area contributed by atoms with Crippen molar-refractivity contribution in [2.24, 2.45) is 0 Å². The molecule has 0 fully saturated rings. The lowest BCUT2D eigenvalue weighted by Crippen LogP contribution is -2.13. The molecule has 0 spiro atoms. The largest absolute Gasteiger partial charge is 0.263 e. The number of halogens is 2. The Morgan fingerprint density at radius 1 is 1.15 bits per heavy atom. The zero-order valence-electron chi connectivity index (χ0n) is 9.84. The van der Waals surface area contributed by atoms with Gasteiger partial charge in [-0.1, -0.05) is 23.2 Å². The third kappa shape index (κ3) is 3.39. The predicted molar refractivity (Wildman–Crippen MR) is 76.2 cm³/mol. The molecule has 1 N–H and O–H groups in total. The van der Waals surface area contributed by atoms with Crippen molar-refractivity contribution < 1.29 is 8.42 Å².